The van der Waals surface area contributed by atoms with Crippen molar-refractivity contribution in [1.29, 1.82) is 0 Å². The Balaban J connectivity index is 0.000000559. The minimum absolute atomic E-state index is 0.0201. The van der Waals surface area contributed by atoms with Crippen LogP contribution >= 0.6 is 0 Å². The fraction of sp³-hybridized carbons (Fsp3) is 0.429. The predicted octanol–water partition coefficient (Wildman–Crippen LogP) is 4.47. The van der Waals surface area contributed by atoms with E-state index in [1.807, 2.05) is 51.1 Å². The zero-order chi connectivity index (χ0) is 28.3. The molecule has 6 N–H and O–H groups in total. The van der Waals surface area contributed by atoms with Gasteiger partial charge in [-0.15, -0.1) is 0 Å². The van der Waals surface area contributed by atoms with E-state index >= 15 is 0 Å². The van der Waals surface area contributed by atoms with E-state index in [2.05, 4.69) is 9.97 Å². The van der Waals surface area contributed by atoms with Crippen LogP contribution in [0.3, 0.4) is 0 Å². The number of benzene rings is 1. The standard InChI is InChI=1S/C22H26N2O3.C4H10N4O.C2H6/c1-3-17(25)11-6-4-5-7-13-21-23-15-20(27-21)18-14-16-10-8-9-12-19(16)24-22(18)26-2;5-1-2-8(7)3-4(6)9;1-2/h8-10,12,14-15H,3-7,11,13H2,1-2H3;1-2H,3,5,7H2,(H2,6,9);1-2H3/b;2-1-;. The molecule has 3 aromatic rings. The third kappa shape index (κ3) is 11.4. The molecule has 0 radical (unpaired) electrons. The summed E-state index contributed by atoms with van der Waals surface area (Å²) in [4.78, 5) is 30.4. The van der Waals surface area contributed by atoms with E-state index in [1.165, 1.54) is 12.4 Å². The van der Waals surface area contributed by atoms with Gasteiger partial charge >= 0.3 is 0 Å². The molecule has 0 saturated carbocycles. The molecule has 0 spiro atoms. The molecule has 0 aliphatic heterocycles. The summed E-state index contributed by atoms with van der Waals surface area (Å²) in [7, 11) is 1.61. The monoisotopic (exact) mass is 526 g/mol. The number of methoxy groups -OCH3 is 1. The summed E-state index contributed by atoms with van der Waals surface area (Å²) in [5.41, 5.74) is 11.4. The molecule has 0 fully saturated rings. The molecule has 10 nitrogen and oxygen atoms in total. The van der Waals surface area contributed by atoms with Gasteiger partial charge in [0.25, 0.3) is 0 Å². The molecular formula is C28H42N6O4. The van der Waals surface area contributed by atoms with Crippen LogP contribution in [0.25, 0.3) is 22.2 Å². The van der Waals surface area contributed by atoms with Crippen LogP contribution in [0.4, 0.5) is 0 Å². The Morgan fingerprint density at radius 2 is 1.84 bits per heavy atom. The van der Waals surface area contributed by atoms with E-state index in [4.69, 9.17) is 26.5 Å². The molecule has 10 heteroatoms. The van der Waals surface area contributed by atoms with Crippen molar-refractivity contribution >= 4 is 22.6 Å². The van der Waals surface area contributed by atoms with Gasteiger partial charge in [0, 0.05) is 37.0 Å². The van der Waals surface area contributed by atoms with E-state index in [-0.39, 0.29) is 6.54 Å². The summed E-state index contributed by atoms with van der Waals surface area (Å²) < 4.78 is 11.4. The van der Waals surface area contributed by atoms with Crippen molar-refractivity contribution in [3.05, 3.63) is 54.8 Å². The van der Waals surface area contributed by atoms with Crippen LogP contribution in [0.5, 0.6) is 5.88 Å². The number of hydrazine groups is 1. The first-order valence-corrected chi connectivity index (χ1v) is 13.0. The van der Waals surface area contributed by atoms with Gasteiger partial charge in [-0.1, -0.05) is 51.8 Å². The van der Waals surface area contributed by atoms with E-state index in [1.54, 1.807) is 13.3 Å². The number of carbonyl (C=O) groups is 2. The van der Waals surface area contributed by atoms with E-state index < -0.39 is 5.91 Å². The molecular weight excluding hydrogens is 484 g/mol. The van der Waals surface area contributed by atoms with Gasteiger partial charge in [0.1, 0.15) is 12.3 Å². The van der Waals surface area contributed by atoms with Crippen LogP contribution < -0.4 is 22.0 Å². The van der Waals surface area contributed by atoms with Crippen molar-refractivity contribution in [2.75, 3.05) is 13.7 Å². The average molecular weight is 527 g/mol. The molecule has 2 heterocycles. The number of nitrogens with two attached hydrogens (primary N) is 3. The lowest BCUT2D eigenvalue weighted by atomic mass is 10.1. The van der Waals surface area contributed by atoms with Crippen LogP contribution in [-0.2, 0) is 16.0 Å². The molecule has 0 atom stereocenters. The Hall–Kier alpha value is -3.92. The number of unbranched alkanes of at least 4 members (excludes halogenated alkanes) is 3. The van der Waals surface area contributed by atoms with E-state index in [0.717, 1.165) is 59.5 Å². The quantitative estimate of drug-likeness (QED) is 0.165. The number of aromatic nitrogens is 2. The maximum absolute atomic E-state index is 11.3. The molecule has 2 aromatic heterocycles. The summed E-state index contributed by atoms with van der Waals surface area (Å²) in [5, 5.41) is 2.13. The Kier molecular flexibility index (Phi) is 15.5. The highest BCUT2D eigenvalue weighted by molar-refractivity contribution is 5.85. The van der Waals surface area contributed by atoms with Crippen LogP contribution in [0.1, 0.15) is 65.2 Å². The number of oxazole rings is 1. The number of Topliss-reactive ketones (excluding diaryl/α,β-unsaturated/α-hetero) is 1. The normalized spacial score (nSPS) is 10.3. The molecule has 208 valence electrons. The van der Waals surface area contributed by atoms with Gasteiger partial charge in [-0.25, -0.2) is 15.8 Å². The SMILES string of the molecule is CC.CCC(=O)CCCCCCc1ncc(-c2cc3ccccc3nc2OC)o1.N/C=C\N(N)CC(N)=O. The fourth-order valence-electron chi connectivity index (χ4n) is 3.45. The van der Waals surface area contributed by atoms with Gasteiger partial charge in [0.2, 0.25) is 11.8 Å². The van der Waals surface area contributed by atoms with Crippen molar-refractivity contribution < 1.29 is 18.7 Å². The Morgan fingerprint density at radius 1 is 1.13 bits per heavy atom. The summed E-state index contributed by atoms with van der Waals surface area (Å²) in [6.45, 7) is 5.90. The largest absolute Gasteiger partial charge is 0.480 e. The first kappa shape index (κ1) is 32.1. The Bertz CT molecular complexity index is 1150. The number of carbonyl (C=O) groups excluding carboxylic acids is 2. The van der Waals surface area contributed by atoms with Gasteiger partial charge in [-0.05, 0) is 25.0 Å². The number of hydrogen-bond donors (Lipinski definition) is 3. The number of rotatable bonds is 13. The van der Waals surface area contributed by atoms with Crippen LogP contribution in [0.15, 0.2) is 53.3 Å². The molecule has 3 rings (SSSR count). The molecule has 1 amide bonds. The molecule has 38 heavy (non-hydrogen) atoms. The highest BCUT2D eigenvalue weighted by Gasteiger charge is 2.14. The second-order valence-corrected chi connectivity index (χ2v) is 8.14. The summed E-state index contributed by atoms with van der Waals surface area (Å²) >= 11 is 0. The molecule has 0 bridgehead atoms. The lowest BCUT2D eigenvalue weighted by molar-refractivity contribution is -0.119. The van der Waals surface area contributed by atoms with Crippen molar-refractivity contribution in [1.82, 2.24) is 15.0 Å². The van der Waals surface area contributed by atoms with Crippen molar-refractivity contribution in [2.45, 2.75) is 65.7 Å². The van der Waals surface area contributed by atoms with Crippen LogP contribution in [0, 0.1) is 0 Å². The van der Waals surface area contributed by atoms with Gasteiger partial charge in [-0.2, -0.15) is 0 Å². The second-order valence-electron chi connectivity index (χ2n) is 8.14. The highest BCUT2D eigenvalue weighted by atomic mass is 16.5. The van der Waals surface area contributed by atoms with Gasteiger partial charge in [0.05, 0.1) is 24.4 Å². The lowest BCUT2D eigenvalue weighted by Crippen LogP contribution is -2.34. The summed E-state index contributed by atoms with van der Waals surface area (Å²) in [5.74, 6) is 6.95. The third-order valence-corrected chi connectivity index (χ3v) is 5.31. The number of fused-ring (bicyclic) bond motifs is 1. The highest BCUT2D eigenvalue weighted by Crippen LogP contribution is 2.32. The van der Waals surface area contributed by atoms with Crippen LogP contribution in [-0.4, -0.2) is 40.3 Å². The zero-order valence-electron chi connectivity index (χ0n) is 23.0. The average Bonchev–Trinajstić information content (AvgIpc) is 3.39. The molecule has 0 aliphatic carbocycles. The lowest BCUT2D eigenvalue weighted by Gasteiger charge is -2.08. The first-order valence-electron chi connectivity index (χ1n) is 13.0. The second kappa shape index (κ2) is 18.3. The molecule has 0 saturated heterocycles. The molecule has 0 unspecified atom stereocenters. The van der Waals surface area contributed by atoms with Crippen molar-refractivity contribution in [3.8, 4) is 17.2 Å². The topological polar surface area (TPSA) is 164 Å². The van der Waals surface area contributed by atoms with Crippen molar-refractivity contribution in [2.24, 2.45) is 17.3 Å². The van der Waals surface area contributed by atoms with Gasteiger partial charge in [0.15, 0.2) is 11.7 Å². The maximum Gasteiger partial charge on any atom is 0.238 e. The fourth-order valence-corrected chi connectivity index (χ4v) is 3.45. The number of primary amides is 1. The number of hydrogen-bond acceptors (Lipinski definition) is 9. The number of nitrogens with zero attached hydrogens (tertiary/aromatic N) is 3. The van der Waals surface area contributed by atoms with E-state index in [0.29, 0.717) is 30.3 Å². The minimum Gasteiger partial charge on any atom is -0.480 e. The summed E-state index contributed by atoms with van der Waals surface area (Å²) in [6.07, 6.45) is 10.6. The van der Waals surface area contributed by atoms with Gasteiger partial charge in [-0.3, -0.25) is 9.59 Å². The number of aryl methyl sites for hydroxylation is 1. The summed E-state index contributed by atoms with van der Waals surface area (Å²) in [6, 6.07) is 9.95. The van der Waals surface area contributed by atoms with Gasteiger partial charge < -0.3 is 25.6 Å². The Morgan fingerprint density at radius 3 is 2.50 bits per heavy atom. The van der Waals surface area contributed by atoms with Crippen LogP contribution in [0.2, 0.25) is 0 Å². The zero-order valence-corrected chi connectivity index (χ0v) is 23.0. The maximum atomic E-state index is 11.3. The minimum atomic E-state index is -0.490. The number of ketones is 1. The number of ether oxygens (including phenoxy) is 1. The molecule has 0 aliphatic rings. The predicted molar refractivity (Wildman–Crippen MR) is 151 cm³/mol. The Labute approximate surface area is 225 Å². The number of para-hydroxylation sites is 1. The molecule has 1 aromatic carbocycles. The van der Waals surface area contributed by atoms with Crippen molar-refractivity contribution in [3.63, 3.8) is 0 Å². The smallest absolute Gasteiger partial charge is 0.238 e. The number of amides is 1. The first-order chi connectivity index (χ1) is 18.4. The number of pyridine rings is 1. The van der Waals surface area contributed by atoms with E-state index in [9.17, 15) is 9.59 Å². The third-order valence-electron chi connectivity index (χ3n) is 5.31.